The van der Waals surface area contributed by atoms with Gasteiger partial charge in [0.05, 0.1) is 6.54 Å². The topological polar surface area (TPSA) is 41.1 Å². The normalized spacial score (nSPS) is 25.2. The van der Waals surface area contributed by atoms with E-state index >= 15 is 0 Å². The van der Waals surface area contributed by atoms with Gasteiger partial charge in [-0.2, -0.15) is 0 Å². The van der Waals surface area contributed by atoms with Gasteiger partial charge in [-0.15, -0.1) is 10.2 Å². The summed E-state index contributed by atoms with van der Waals surface area (Å²) in [7, 11) is 4.10. The van der Waals surface area contributed by atoms with E-state index in [0.717, 1.165) is 28.6 Å². The summed E-state index contributed by atoms with van der Waals surface area (Å²) in [5.41, 5.74) is 0. The number of nitrogens with zero attached hydrogens (tertiary/aromatic N) is 3. The summed E-state index contributed by atoms with van der Waals surface area (Å²) in [6.07, 6.45) is 5.42. The zero-order valence-corrected chi connectivity index (χ0v) is 11.8. The van der Waals surface area contributed by atoms with Crippen LogP contribution in [0.2, 0.25) is 0 Å². The van der Waals surface area contributed by atoms with Crippen LogP contribution in [0.3, 0.4) is 0 Å². The molecule has 0 bridgehead atoms. The van der Waals surface area contributed by atoms with E-state index in [1.807, 2.05) is 7.05 Å². The van der Waals surface area contributed by atoms with Crippen molar-refractivity contribution in [3.8, 4) is 0 Å². The first-order chi connectivity index (χ1) is 8.19. The van der Waals surface area contributed by atoms with Gasteiger partial charge in [0.25, 0.3) is 0 Å². The van der Waals surface area contributed by atoms with Gasteiger partial charge in [-0.25, -0.2) is 0 Å². The fraction of sp³-hybridized carbons (Fsp3) is 0.833. The Labute approximate surface area is 107 Å². The standard InChI is InChI=1S/C12H22N4S/c1-9-5-4-6-10(7-9)16(3)8-11-14-15-12(13-2)17-11/h9-10H,4-8H2,1-3H3,(H,13,15). The van der Waals surface area contributed by atoms with E-state index in [0.29, 0.717) is 0 Å². The van der Waals surface area contributed by atoms with Crippen molar-refractivity contribution in [3.05, 3.63) is 5.01 Å². The van der Waals surface area contributed by atoms with Gasteiger partial charge in [-0.05, 0) is 25.8 Å². The zero-order valence-electron chi connectivity index (χ0n) is 10.9. The summed E-state index contributed by atoms with van der Waals surface area (Å²) in [4.78, 5) is 2.44. The molecule has 2 atom stereocenters. The Hall–Kier alpha value is -0.680. The van der Waals surface area contributed by atoms with Gasteiger partial charge < -0.3 is 5.32 Å². The van der Waals surface area contributed by atoms with Crippen LogP contribution < -0.4 is 5.32 Å². The third-order valence-corrected chi connectivity index (χ3v) is 4.52. The predicted molar refractivity (Wildman–Crippen MR) is 72.3 cm³/mol. The molecule has 0 aliphatic heterocycles. The largest absolute Gasteiger partial charge is 0.363 e. The van der Waals surface area contributed by atoms with Crippen molar-refractivity contribution >= 4 is 16.5 Å². The molecule has 1 saturated carbocycles. The SMILES string of the molecule is CNc1nnc(CN(C)C2CCCC(C)C2)s1. The summed E-state index contributed by atoms with van der Waals surface area (Å²) in [5.74, 6) is 0.874. The first-order valence-corrected chi connectivity index (χ1v) is 7.21. The number of nitrogens with one attached hydrogen (secondary N) is 1. The molecule has 2 rings (SSSR count). The van der Waals surface area contributed by atoms with Crippen LogP contribution in [0.15, 0.2) is 0 Å². The maximum Gasteiger partial charge on any atom is 0.205 e. The Morgan fingerprint density at radius 3 is 2.88 bits per heavy atom. The summed E-state index contributed by atoms with van der Waals surface area (Å²) in [5, 5.41) is 13.3. The van der Waals surface area contributed by atoms with Crippen LogP contribution >= 0.6 is 11.3 Å². The molecule has 4 nitrogen and oxygen atoms in total. The van der Waals surface area contributed by atoms with Gasteiger partial charge in [0.1, 0.15) is 5.01 Å². The van der Waals surface area contributed by atoms with Gasteiger partial charge in [0, 0.05) is 13.1 Å². The molecule has 17 heavy (non-hydrogen) atoms. The van der Waals surface area contributed by atoms with Crippen molar-refractivity contribution in [2.45, 2.75) is 45.2 Å². The van der Waals surface area contributed by atoms with Crippen molar-refractivity contribution in [2.75, 3.05) is 19.4 Å². The predicted octanol–water partition coefficient (Wildman–Crippen LogP) is 2.59. The lowest BCUT2D eigenvalue weighted by Crippen LogP contribution is -2.35. The van der Waals surface area contributed by atoms with E-state index < -0.39 is 0 Å². The zero-order chi connectivity index (χ0) is 12.3. The highest BCUT2D eigenvalue weighted by Gasteiger charge is 2.23. The second-order valence-corrected chi connectivity index (χ2v) is 6.15. The number of aromatic nitrogens is 2. The average Bonchev–Trinajstić information content (AvgIpc) is 2.77. The van der Waals surface area contributed by atoms with Crippen molar-refractivity contribution < 1.29 is 0 Å². The summed E-state index contributed by atoms with van der Waals surface area (Å²) in [6, 6.07) is 0.723. The summed E-state index contributed by atoms with van der Waals surface area (Å²) in [6.45, 7) is 3.29. The minimum atomic E-state index is 0.723. The summed E-state index contributed by atoms with van der Waals surface area (Å²) >= 11 is 1.65. The van der Waals surface area contributed by atoms with Crippen molar-refractivity contribution in [1.29, 1.82) is 0 Å². The molecule has 1 N–H and O–H groups in total. The highest BCUT2D eigenvalue weighted by atomic mass is 32.1. The first-order valence-electron chi connectivity index (χ1n) is 6.39. The maximum absolute atomic E-state index is 4.21. The number of hydrogen-bond donors (Lipinski definition) is 1. The second kappa shape index (κ2) is 5.78. The Morgan fingerprint density at radius 2 is 2.24 bits per heavy atom. The van der Waals surface area contributed by atoms with Gasteiger partial charge >= 0.3 is 0 Å². The highest BCUT2D eigenvalue weighted by molar-refractivity contribution is 7.15. The van der Waals surface area contributed by atoms with Crippen LogP contribution in [0, 0.1) is 5.92 Å². The lowest BCUT2D eigenvalue weighted by molar-refractivity contribution is 0.157. The molecule has 96 valence electrons. The van der Waals surface area contributed by atoms with Crippen LogP contribution in [0.1, 0.15) is 37.6 Å². The molecule has 1 fully saturated rings. The quantitative estimate of drug-likeness (QED) is 0.896. The van der Waals surface area contributed by atoms with Crippen LogP contribution in [-0.2, 0) is 6.54 Å². The Bertz CT molecular complexity index is 352. The second-order valence-electron chi connectivity index (χ2n) is 5.09. The average molecular weight is 254 g/mol. The molecular formula is C12H22N4S. The highest BCUT2D eigenvalue weighted by Crippen LogP contribution is 2.28. The molecule has 1 heterocycles. The molecule has 0 spiro atoms. The number of anilines is 1. The molecule has 1 aliphatic carbocycles. The Balaban J connectivity index is 1.89. The van der Waals surface area contributed by atoms with Crippen molar-refractivity contribution in [2.24, 2.45) is 5.92 Å². The lowest BCUT2D eigenvalue weighted by atomic mass is 9.86. The molecule has 5 heteroatoms. The van der Waals surface area contributed by atoms with E-state index in [9.17, 15) is 0 Å². The van der Waals surface area contributed by atoms with Gasteiger partial charge in [-0.1, -0.05) is 31.1 Å². The molecule has 1 aliphatic rings. The Kier molecular flexibility index (Phi) is 4.34. The molecule has 0 amide bonds. The lowest BCUT2D eigenvalue weighted by Gasteiger charge is -2.33. The number of rotatable bonds is 4. The van der Waals surface area contributed by atoms with E-state index in [1.165, 1.54) is 25.7 Å². The molecule has 1 aromatic heterocycles. The Morgan fingerprint density at radius 1 is 1.41 bits per heavy atom. The molecule has 1 aromatic rings. The molecule has 0 radical (unpaired) electrons. The van der Waals surface area contributed by atoms with Gasteiger partial charge in [0.2, 0.25) is 5.13 Å². The molecular weight excluding hydrogens is 232 g/mol. The van der Waals surface area contributed by atoms with E-state index in [1.54, 1.807) is 11.3 Å². The number of hydrogen-bond acceptors (Lipinski definition) is 5. The van der Waals surface area contributed by atoms with Crippen molar-refractivity contribution in [1.82, 2.24) is 15.1 Å². The van der Waals surface area contributed by atoms with Crippen LogP contribution in [0.4, 0.5) is 5.13 Å². The fourth-order valence-corrected chi connectivity index (χ4v) is 3.32. The summed E-state index contributed by atoms with van der Waals surface area (Å²) < 4.78 is 0. The molecule has 0 saturated heterocycles. The third kappa shape index (κ3) is 3.39. The smallest absolute Gasteiger partial charge is 0.205 e. The van der Waals surface area contributed by atoms with Crippen LogP contribution in [0.5, 0.6) is 0 Å². The molecule has 0 aromatic carbocycles. The third-order valence-electron chi connectivity index (χ3n) is 3.60. The maximum atomic E-state index is 4.21. The fourth-order valence-electron chi connectivity index (χ4n) is 2.56. The van der Waals surface area contributed by atoms with E-state index in [4.69, 9.17) is 0 Å². The van der Waals surface area contributed by atoms with Crippen molar-refractivity contribution in [3.63, 3.8) is 0 Å². The van der Waals surface area contributed by atoms with Gasteiger partial charge in [-0.3, -0.25) is 4.90 Å². The monoisotopic (exact) mass is 254 g/mol. The van der Waals surface area contributed by atoms with E-state index in [2.05, 4.69) is 34.4 Å². The van der Waals surface area contributed by atoms with E-state index in [-0.39, 0.29) is 0 Å². The van der Waals surface area contributed by atoms with Gasteiger partial charge in [0.15, 0.2) is 0 Å². The minimum Gasteiger partial charge on any atom is -0.363 e. The minimum absolute atomic E-state index is 0.723. The van der Waals surface area contributed by atoms with Crippen LogP contribution in [0.25, 0.3) is 0 Å². The van der Waals surface area contributed by atoms with Crippen LogP contribution in [-0.4, -0.2) is 35.2 Å². The first kappa shape index (κ1) is 12.8. The molecule has 2 unspecified atom stereocenters.